The number of hydrogen-bond acceptors (Lipinski definition) is 6. The Balaban J connectivity index is 1.32. The highest BCUT2D eigenvalue weighted by molar-refractivity contribution is 6.31. The minimum Gasteiger partial charge on any atom is -0.274 e. The van der Waals surface area contributed by atoms with Crippen molar-refractivity contribution in [2.24, 2.45) is 11.8 Å². The Morgan fingerprint density at radius 3 is 1.09 bits per heavy atom. The van der Waals surface area contributed by atoms with Gasteiger partial charge in [-0.05, 0) is 73.5 Å². The summed E-state index contributed by atoms with van der Waals surface area (Å²) in [5, 5.41) is 4.72. The molecule has 6 atom stereocenters. The van der Waals surface area contributed by atoms with Crippen LogP contribution in [0.2, 0.25) is 10.0 Å². The van der Waals surface area contributed by atoms with Crippen LogP contribution in [0.5, 0.6) is 0 Å². The number of fused-ring (bicyclic) bond motifs is 5. The first kappa shape index (κ1) is 29.1. The van der Waals surface area contributed by atoms with Crippen LogP contribution in [0.3, 0.4) is 0 Å². The molecule has 0 aliphatic carbocycles. The van der Waals surface area contributed by atoms with E-state index in [0.717, 1.165) is 22.3 Å². The third kappa shape index (κ3) is 4.14. The zero-order chi connectivity index (χ0) is 32.0. The summed E-state index contributed by atoms with van der Waals surface area (Å²) >= 11 is 12.3. The van der Waals surface area contributed by atoms with Crippen molar-refractivity contribution in [3.63, 3.8) is 0 Å². The van der Waals surface area contributed by atoms with E-state index in [1.807, 2.05) is 72.4 Å². The molecule has 0 unspecified atom stereocenters. The van der Waals surface area contributed by atoms with Gasteiger partial charge in [-0.15, -0.1) is 0 Å². The van der Waals surface area contributed by atoms with Crippen LogP contribution in [0, 0.1) is 25.7 Å². The van der Waals surface area contributed by atoms with Gasteiger partial charge in [-0.1, -0.05) is 82.9 Å². The maximum atomic E-state index is 14.5. The first-order valence-electron chi connectivity index (χ1n) is 15.1. The van der Waals surface area contributed by atoms with Crippen molar-refractivity contribution in [2.75, 3.05) is 9.80 Å². The minimum atomic E-state index is -0.934. The fourth-order valence-corrected chi connectivity index (χ4v) is 7.97. The van der Waals surface area contributed by atoms with E-state index in [9.17, 15) is 19.2 Å². The number of nitrogens with zero attached hydrogens (tertiary/aromatic N) is 4. The fraction of sp³-hybridized carbons (Fsp3) is 0.222. The molecule has 4 aromatic carbocycles. The van der Waals surface area contributed by atoms with Gasteiger partial charge in [-0.25, -0.2) is 19.8 Å². The number of imide groups is 2. The first-order valence-corrected chi connectivity index (χ1v) is 15.9. The molecule has 4 fully saturated rings. The quantitative estimate of drug-likeness (QED) is 0.250. The topological polar surface area (TPSA) is 81.2 Å². The SMILES string of the molecule is Cc1ccc([C@@H]2[C@@H]3C(=O)N(c4ccc(Cl)cc4)C(=O)[C@@H]3N3[C@H](c4ccc(C)cc4)[C@@H]4C(=O)N(c5ccc(Cl)cc5)C(=O)[C@@H]4N23)cc1. The summed E-state index contributed by atoms with van der Waals surface area (Å²) in [6.45, 7) is 3.95. The van der Waals surface area contributed by atoms with Gasteiger partial charge < -0.3 is 0 Å². The van der Waals surface area contributed by atoms with Gasteiger partial charge in [0.25, 0.3) is 11.8 Å². The van der Waals surface area contributed by atoms with Crippen LogP contribution in [0.25, 0.3) is 0 Å². The van der Waals surface area contributed by atoms with E-state index in [0.29, 0.717) is 21.4 Å². The van der Waals surface area contributed by atoms with Crippen molar-refractivity contribution in [1.82, 2.24) is 10.0 Å². The molecule has 4 heterocycles. The second-order valence-corrected chi connectivity index (χ2v) is 13.3. The maximum absolute atomic E-state index is 14.5. The summed E-state index contributed by atoms with van der Waals surface area (Å²) in [4.78, 5) is 60.4. The van der Waals surface area contributed by atoms with Crippen LogP contribution in [0.15, 0.2) is 97.1 Å². The first-order chi connectivity index (χ1) is 22.2. The maximum Gasteiger partial charge on any atom is 0.253 e. The van der Waals surface area contributed by atoms with E-state index >= 15 is 0 Å². The van der Waals surface area contributed by atoms with E-state index in [1.54, 1.807) is 48.5 Å². The number of hydrazine groups is 1. The van der Waals surface area contributed by atoms with Crippen molar-refractivity contribution >= 4 is 58.2 Å². The highest BCUT2D eigenvalue weighted by Gasteiger charge is 2.73. The van der Waals surface area contributed by atoms with Gasteiger partial charge in [-0.3, -0.25) is 19.2 Å². The van der Waals surface area contributed by atoms with Crippen molar-refractivity contribution in [3.8, 4) is 0 Å². The van der Waals surface area contributed by atoms with Gasteiger partial charge in [0.05, 0.1) is 35.3 Å². The number of carbonyl (C=O) groups excluding carboxylic acids is 4. The number of halogens is 2. The summed E-state index contributed by atoms with van der Waals surface area (Å²) in [7, 11) is 0. The minimum absolute atomic E-state index is 0.358. The average molecular weight is 652 g/mol. The second-order valence-electron chi connectivity index (χ2n) is 12.4. The van der Waals surface area contributed by atoms with Crippen LogP contribution < -0.4 is 9.80 Å². The van der Waals surface area contributed by atoms with Crippen molar-refractivity contribution in [2.45, 2.75) is 38.0 Å². The summed E-state index contributed by atoms with van der Waals surface area (Å²) in [5.74, 6) is -3.17. The molecule has 4 aromatic rings. The smallest absolute Gasteiger partial charge is 0.253 e. The molecular formula is C36H28Cl2N4O4. The van der Waals surface area contributed by atoms with Crippen molar-refractivity contribution in [3.05, 3.63) is 129 Å². The molecule has 4 saturated heterocycles. The Bertz CT molecular complexity index is 1770. The van der Waals surface area contributed by atoms with E-state index in [2.05, 4.69) is 0 Å². The molecule has 8 rings (SSSR count). The summed E-state index contributed by atoms with van der Waals surface area (Å²) < 4.78 is 0. The number of benzene rings is 4. The van der Waals surface area contributed by atoms with Gasteiger partial charge >= 0.3 is 0 Å². The lowest BCUT2D eigenvalue weighted by Gasteiger charge is -2.35. The molecule has 4 aliphatic heterocycles. The highest BCUT2D eigenvalue weighted by atomic mass is 35.5. The van der Waals surface area contributed by atoms with E-state index in [4.69, 9.17) is 23.2 Å². The Kier molecular flexibility index (Phi) is 6.71. The van der Waals surface area contributed by atoms with Gasteiger partial charge in [0.1, 0.15) is 12.1 Å². The lowest BCUT2D eigenvalue weighted by atomic mass is 9.84. The van der Waals surface area contributed by atoms with Gasteiger partial charge in [0.15, 0.2) is 0 Å². The van der Waals surface area contributed by atoms with Crippen molar-refractivity contribution in [1.29, 1.82) is 0 Å². The van der Waals surface area contributed by atoms with Gasteiger partial charge in [-0.2, -0.15) is 0 Å². The lowest BCUT2D eigenvalue weighted by molar-refractivity contribution is -0.136. The Hall–Kier alpha value is -4.34. The molecule has 4 amide bonds. The molecule has 0 saturated carbocycles. The molecule has 0 aromatic heterocycles. The van der Waals surface area contributed by atoms with E-state index in [1.165, 1.54) is 9.80 Å². The largest absolute Gasteiger partial charge is 0.274 e. The summed E-state index contributed by atoms with van der Waals surface area (Å²) in [6, 6.07) is 25.6. The normalized spacial score (nSPS) is 27.5. The van der Waals surface area contributed by atoms with Gasteiger partial charge in [0, 0.05) is 10.0 Å². The van der Waals surface area contributed by atoms with E-state index in [-0.39, 0.29) is 11.8 Å². The van der Waals surface area contributed by atoms with Crippen LogP contribution in [-0.2, 0) is 19.2 Å². The number of carbonyl (C=O) groups is 4. The third-order valence-corrected chi connectivity index (χ3v) is 10.2. The molecular weight excluding hydrogens is 623 g/mol. The Labute approximate surface area is 275 Å². The number of aryl methyl sites for hydroxylation is 2. The predicted octanol–water partition coefficient (Wildman–Crippen LogP) is 6.06. The Morgan fingerprint density at radius 2 is 0.761 bits per heavy atom. The van der Waals surface area contributed by atoms with E-state index < -0.39 is 47.8 Å². The molecule has 0 N–H and O–H groups in total. The molecule has 0 radical (unpaired) electrons. The van der Waals surface area contributed by atoms with Crippen LogP contribution in [0.4, 0.5) is 11.4 Å². The molecule has 10 heteroatoms. The predicted molar refractivity (Wildman–Crippen MR) is 174 cm³/mol. The summed E-state index contributed by atoms with van der Waals surface area (Å²) in [6.07, 6.45) is 0. The van der Waals surface area contributed by atoms with Crippen LogP contribution >= 0.6 is 23.2 Å². The highest BCUT2D eigenvalue weighted by Crippen LogP contribution is 2.59. The zero-order valence-electron chi connectivity index (χ0n) is 24.9. The molecule has 230 valence electrons. The Morgan fingerprint density at radius 1 is 0.435 bits per heavy atom. The molecule has 0 bridgehead atoms. The number of amides is 4. The average Bonchev–Trinajstić information content (AvgIpc) is 3.71. The second kappa shape index (κ2) is 10.6. The zero-order valence-corrected chi connectivity index (χ0v) is 26.4. The standard InChI is InChI=1S/C36H28Cl2N4O4/c1-19-3-7-21(8-4-19)29-27-31(35(45)39(33(27)43)25-15-11-23(37)12-16-25)42-30(22-9-5-20(2)6-10-22)28-32(41(29)42)36(46)40(34(28)44)26-17-13-24(38)14-18-26/h3-18,27-32H,1-2H3/t27-,28-,29+,30+,31+,32+/m0/s1. The number of hydrogen-bond donors (Lipinski definition) is 0. The number of anilines is 2. The molecule has 46 heavy (non-hydrogen) atoms. The van der Waals surface area contributed by atoms with Gasteiger partial charge in [0.2, 0.25) is 11.8 Å². The lowest BCUT2D eigenvalue weighted by Crippen LogP contribution is -2.50. The van der Waals surface area contributed by atoms with Crippen molar-refractivity contribution < 1.29 is 19.2 Å². The third-order valence-electron chi connectivity index (χ3n) is 9.73. The van der Waals surface area contributed by atoms with Crippen LogP contribution in [0.1, 0.15) is 34.3 Å². The molecule has 0 spiro atoms. The summed E-state index contributed by atoms with van der Waals surface area (Å²) in [5.41, 5.74) is 4.49. The molecule has 8 nitrogen and oxygen atoms in total. The monoisotopic (exact) mass is 650 g/mol. The fourth-order valence-electron chi connectivity index (χ4n) is 7.71. The molecule has 4 aliphatic rings. The number of rotatable bonds is 4. The van der Waals surface area contributed by atoms with Crippen LogP contribution in [-0.4, -0.2) is 45.7 Å².